The molecule has 162 valence electrons. The highest BCUT2D eigenvalue weighted by molar-refractivity contribution is 7.85. The van der Waals surface area contributed by atoms with Crippen LogP contribution in [0.5, 0.6) is 0 Å². The van der Waals surface area contributed by atoms with Crippen LogP contribution >= 0.6 is 0 Å². The van der Waals surface area contributed by atoms with Gasteiger partial charge >= 0.3 is 5.97 Å². The molecule has 1 unspecified atom stereocenters. The monoisotopic (exact) mass is 412 g/mol. The van der Waals surface area contributed by atoms with Crippen LogP contribution in [0.15, 0.2) is 12.2 Å². The van der Waals surface area contributed by atoms with Gasteiger partial charge in [-0.15, -0.1) is 0 Å². The predicted octanol–water partition coefficient (Wildman–Crippen LogP) is 0.820. The van der Waals surface area contributed by atoms with Gasteiger partial charge in [0.1, 0.15) is 6.04 Å². The summed E-state index contributed by atoms with van der Waals surface area (Å²) in [5.74, 6) is -1.34. The quantitative estimate of drug-likeness (QED) is 0.289. The Hall–Kier alpha value is -1.49. The zero-order chi connectivity index (χ0) is 22.4. The fourth-order valence-corrected chi connectivity index (χ4v) is 2.11. The Morgan fingerprint density at radius 1 is 1.22 bits per heavy atom. The first-order valence-electron chi connectivity index (χ1n) is 8.58. The molecule has 0 aromatic heterocycles. The van der Waals surface area contributed by atoms with E-state index in [1.54, 1.807) is 32.8 Å². The second-order valence-corrected chi connectivity index (χ2v) is 8.72. The lowest BCUT2D eigenvalue weighted by Crippen LogP contribution is -2.41. The zero-order valence-corrected chi connectivity index (χ0v) is 18.5. The highest BCUT2D eigenvalue weighted by atomic mass is 32.2. The molecule has 0 aliphatic carbocycles. The largest absolute Gasteiger partial charge is 0.480 e. The van der Waals surface area contributed by atoms with Gasteiger partial charge in [0.2, 0.25) is 5.91 Å². The normalized spacial score (nSPS) is 12.2. The maximum atomic E-state index is 10.4. The van der Waals surface area contributed by atoms with Gasteiger partial charge in [0, 0.05) is 12.0 Å². The van der Waals surface area contributed by atoms with Crippen molar-refractivity contribution in [3.8, 4) is 0 Å². The highest BCUT2D eigenvalue weighted by Crippen LogP contribution is 2.02. The van der Waals surface area contributed by atoms with E-state index in [0.29, 0.717) is 12.0 Å². The number of rotatable bonds is 9. The molecule has 1 atom stereocenters. The standard InChI is InChI=1S/C8H19NO3S.C5H11NO2.C4H7NO/c1-4-6-9(2,3)7-5-8-13(10,11)12;1-4(5(7)8)6(2)3;1-3(2)4(5)6/h4-8H2,1-3H3;4H,1-3H3,(H,7,8);1H2,2H3,(H2,5,6)/p+1. The summed E-state index contributed by atoms with van der Waals surface area (Å²) in [6.07, 6.45) is 1.60. The SMILES string of the molecule is C=C(C)C(N)=O.CC(C(=O)O)N(C)C.CCC[N+](C)(C)CCCS(=O)(=O)O. The van der Waals surface area contributed by atoms with Gasteiger partial charge in [0.05, 0.1) is 32.9 Å². The van der Waals surface area contributed by atoms with Crippen molar-refractivity contribution in [3.05, 3.63) is 12.2 Å². The van der Waals surface area contributed by atoms with Crippen LogP contribution in [-0.2, 0) is 19.7 Å². The number of carboxylic acids is 1. The first-order valence-corrected chi connectivity index (χ1v) is 10.2. The molecule has 0 heterocycles. The van der Waals surface area contributed by atoms with Crippen LogP contribution in [0.3, 0.4) is 0 Å². The van der Waals surface area contributed by atoms with Crippen LogP contribution in [0.25, 0.3) is 0 Å². The van der Waals surface area contributed by atoms with E-state index in [0.717, 1.165) is 24.0 Å². The van der Waals surface area contributed by atoms with Gasteiger partial charge in [-0.3, -0.25) is 19.0 Å². The minimum absolute atomic E-state index is 0.127. The smallest absolute Gasteiger partial charge is 0.320 e. The number of carboxylic acid groups (broad SMARTS) is 1. The molecule has 0 radical (unpaired) electrons. The molecular weight excluding hydrogens is 374 g/mol. The molecule has 0 saturated carbocycles. The molecule has 0 bridgehead atoms. The van der Waals surface area contributed by atoms with Crippen molar-refractivity contribution in [3.63, 3.8) is 0 Å². The topological polar surface area (TPSA) is 138 Å². The third kappa shape index (κ3) is 24.5. The molecule has 4 N–H and O–H groups in total. The van der Waals surface area contributed by atoms with E-state index in [4.69, 9.17) is 15.4 Å². The molecule has 0 rings (SSSR count). The van der Waals surface area contributed by atoms with Crippen LogP contribution in [0.1, 0.15) is 33.6 Å². The Labute approximate surface area is 164 Å². The lowest BCUT2D eigenvalue weighted by molar-refractivity contribution is -0.890. The first kappa shape index (κ1) is 30.2. The molecule has 9 nitrogen and oxygen atoms in total. The third-order valence-electron chi connectivity index (χ3n) is 3.55. The minimum Gasteiger partial charge on any atom is -0.480 e. The van der Waals surface area contributed by atoms with Gasteiger partial charge in [-0.2, -0.15) is 8.42 Å². The van der Waals surface area contributed by atoms with Gasteiger partial charge in [-0.25, -0.2) is 0 Å². The van der Waals surface area contributed by atoms with Gasteiger partial charge in [0.15, 0.2) is 0 Å². The van der Waals surface area contributed by atoms with E-state index in [1.807, 2.05) is 0 Å². The van der Waals surface area contributed by atoms with Crippen molar-refractivity contribution >= 4 is 22.0 Å². The number of likely N-dealkylation sites (N-methyl/N-ethyl adjacent to an activating group) is 1. The molecule has 0 spiro atoms. The van der Waals surface area contributed by atoms with E-state index in [-0.39, 0.29) is 11.8 Å². The molecule has 1 amide bonds. The second-order valence-electron chi connectivity index (χ2n) is 7.14. The van der Waals surface area contributed by atoms with Crippen LogP contribution < -0.4 is 5.73 Å². The number of nitrogens with zero attached hydrogens (tertiary/aromatic N) is 2. The van der Waals surface area contributed by atoms with Crippen molar-refractivity contribution in [1.82, 2.24) is 4.90 Å². The second kappa shape index (κ2) is 14.6. The number of amides is 1. The molecule has 0 aliphatic rings. The van der Waals surface area contributed by atoms with Gasteiger partial charge in [-0.05, 0) is 34.4 Å². The van der Waals surface area contributed by atoms with Crippen molar-refractivity contribution < 1.29 is 32.1 Å². The lowest BCUT2D eigenvalue weighted by Gasteiger charge is -2.29. The summed E-state index contributed by atoms with van der Waals surface area (Å²) in [5.41, 5.74) is 5.09. The van der Waals surface area contributed by atoms with E-state index in [9.17, 15) is 18.0 Å². The molecule has 0 aromatic rings. The van der Waals surface area contributed by atoms with E-state index < -0.39 is 22.0 Å². The number of quaternary nitrogens is 1. The maximum absolute atomic E-state index is 10.4. The Morgan fingerprint density at radius 2 is 1.63 bits per heavy atom. The molecule has 0 fully saturated rings. The van der Waals surface area contributed by atoms with Crippen molar-refractivity contribution in [2.24, 2.45) is 5.73 Å². The number of aliphatic carboxylic acids is 1. The average molecular weight is 413 g/mol. The fraction of sp³-hybridized carbons (Fsp3) is 0.765. The third-order valence-corrected chi connectivity index (χ3v) is 4.35. The molecule has 0 aromatic carbocycles. The molecule has 10 heteroatoms. The minimum atomic E-state index is -3.77. The Kier molecular flexibility index (Phi) is 16.3. The summed E-state index contributed by atoms with van der Waals surface area (Å²) in [7, 11) is 3.82. The predicted molar refractivity (Wildman–Crippen MR) is 108 cm³/mol. The van der Waals surface area contributed by atoms with E-state index in [2.05, 4.69) is 27.6 Å². The number of hydrogen-bond acceptors (Lipinski definition) is 5. The highest BCUT2D eigenvalue weighted by Gasteiger charge is 2.15. The molecular formula is C17H38N3O6S+. The molecule has 0 aliphatic heterocycles. The van der Waals surface area contributed by atoms with Gasteiger partial charge in [0.25, 0.3) is 10.1 Å². The number of carbonyl (C=O) groups is 2. The van der Waals surface area contributed by atoms with Crippen LogP contribution in [0.4, 0.5) is 0 Å². The van der Waals surface area contributed by atoms with Crippen LogP contribution in [0.2, 0.25) is 0 Å². The number of nitrogens with two attached hydrogens (primary N) is 1. The first-order chi connectivity index (χ1) is 12.0. The zero-order valence-electron chi connectivity index (χ0n) is 17.7. The van der Waals surface area contributed by atoms with E-state index >= 15 is 0 Å². The number of carbonyl (C=O) groups excluding carboxylic acids is 1. The van der Waals surface area contributed by atoms with Gasteiger partial charge < -0.3 is 15.3 Å². The Bertz CT molecular complexity index is 547. The van der Waals surface area contributed by atoms with Gasteiger partial charge in [-0.1, -0.05) is 13.5 Å². The summed E-state index contributed by atoms with van der Waals surface area (Å²) in [4.78, 5) is 21.6. The van der Waals surface area contributed by atoms with Crippen LogP contribution in [0, 0.1) is 0 Å². The lowest BCUT2D eigenvalue weighted by atomic mass is 10.3. The van der Waals surface area contributed by atoms with E-state index in [1.165, 1.54) is 0 Å². The maximum Gasteiger partial charge on any atom is 0.320 e. The van der Waals surface area contributed by atoms with Crippen molar-refractivity contribution in [2.45, 2.75) is 39.7 Å². The molecule has 0 saturated heterocycles. The van der Waals surface area contributed by atoms with Crippen molar-refractivity contribution in [2.75, 3.05) is 47.0 Å². The summed E-state index contributed by atoms with van der Waals surface area (Å²) >= 11 is 0. The summed E-state index contributed by atoms with van der Waals surface area (Å²) in [5, 5.41) is 8.31. The Balaban J connectivity index is -0.000000351. The number of hydrogen-bond donors (Lipinski definition) is 3. The van der Waals surface area contributed by atoms with Crippen LogP contribution in [-0.4, -0.2) is 92.4 Å². The molecule has 27 heavy (non-hydrogen) atoms. The average Bonchev–Trinajstić information content (AvgIpc) is 2.45. The van der Waals surface area contributed by atoms with Crippen molar-refractivity contribution in [1.29, 1.82) is 0 Å². The summed E-state index contributed by atoms with van der Waals surface area (Å²) in [6.45, 7) is 10.4. The number of primary amides is 1. The summed E-state index contributed by atoms with van der Waals surface area (Å²) in [6, 6.07) is -0.380. The fourth-order valence-electron chi connectivity index (χ4n) is 1.61. The summed E-state index contributed by atoms with van der Waals surface area (Å²) < 4.78 is 30.2. The Morgan fingerprint density at radius 3 is 1.81 bits per heavy atom.